The van der Waals surface area contributed by atoms with Gasteiger partial charge >= 0.3 is 6.55 Å². The molecule has 14 heteroatoms. The first-order valence-electron chi connectivity index (χ1n) is 14.9. The van der Waals surface area contributed by atoms with Crippen molar-refractivity contribution in [2.45, 2.75) is 76.7 Å². The SMILES string of the molecule is COc1cc(C(=O)N2C3CCCC2[C@@H](N)C3)cc2nc(-c3cc4ccc(N(C(F)F)S(C)(=O)=O)nc4n3CC3CC3)c(C)n12. The molecule has 2 bridgehead atoms. The number of imidazole rings is 1. The average molecular weight is 628 g/mol. The maximum Gasteiger partial charge on any atom is 0.329 e. The van der Waals surface area contributed by atoms with E-state index in [0.717, 1.165) is 56.2 Å². The number of carbonyl (C=O) groups is 1. The minimum atomic E-state index is -4.27. The lowest BCUT2D eigenvalue weighted by atomic mass is 10.0. The van der Waals surface area contributed by atoms with Crippen LogP contribution < -0.4 is 14.8 Å². The zero-order chi connectivity index (χ0) is 31.1. The first-order valence-corrected chi connectivity index (χ1v) is 16.7. The van der Waals surface area contributed by atoms with Crippen molar-refractivity contribution in [2.75, 3.05) is 17.7 Å². The fraction of sp³-hybridized carbons (Fsp3) is 0.500. The zero-order valence-electron chi connectivity index (χ0n) is 24.8. The number of fused-ring (bicyclic) bond motifs is 4. The number of anilines is 1. The van der Waals surface area contributed by atoms with Crippen LogP contribution in [0.5, 0.6) is 5.88 Å². The quantitative estimate of drug-likeness (QED) is 0.291. The third-order valence-electron chi connectivity index (χ3n) is 9.30. The number of aromatic nitrogens is 4. The van der Waals surface area contributed by atoms with Crippen LogP contribution in [0.4, 0.5) is 14.6 Å². The van der Waals surface area contributed by atoms with Gasteiger partial charge in [-0.15, -0.1) is 0 Å². The first-order chi connectivity index (χ1) is 21.0. The third-order valence-corrected chi connectivity index (χ3v) is 10.4. The predicted molar refractivity (Wildman–Crippen MR) is 161 cm³/mol. The molecule has 0 spiro atoms. The summed E-state index contributed by atoms with van der Waals surface area (Å²) in [6, 6.07) is 8.44. The minimum Gasteiger partial charge on any atom is -0.482 e. The monoisotopic (exact) mass is 627 g/mol. The van der Waals surface area contributed by atoms with Gasteiger partial charge < -0.3 is 19.9 Å². The normalized spacial score (nSPS) is 22.0. The summed E-state index contributed by atoms with van der Waals surface area (Å²) >= 11 is 0. The summed E-state index contributed by atoms with van der Waals surface area (Å²) in [4.78, 5) is 25.2. The van der Waals surface area contributed by atoms with E-state index in [4.69, 9.17) is 15.5 Å². The van der Waals surface area contributed by atoms with Crippen molar-refractivity contribution in [1.82, 2.24) is 23.8 Å². The molecule has 3 fully saturated rings. The Morgan fingerprint density at radius 2 is 1.93 bits per heavy atom. The molecule has 234 valence electrons. The molecular formula is C30H35F2N7O4S. The number of sulfonamides is 1. The molecule has 2 N–H and O–H groups in total. The second-order valence-corrected chi connectivity index (χ2v) is 14.2. The maximum absolute atomic E-state index is 13.9. The third kappa shape index (κ3) is 4.69. The van der Waals surface area contributed by atoms with E-state index in [1.165, 1.54) is 6.07 Å². The summed E-state index contributed by atoms with van der Waals surface area (Å²) < 4.78 is 61.6. The van der Waals surface area contributed by atoms with E-state index in [0.29, 0.717) is 46.3 Å². The average Bonchev–Trinajstić information content (AvgIpc) is 3.60. The van der Waals surface area contributed by atoms with Gasteiger partial charge in [0.2, 0.25) is 10.0 Å². The fourth-order valence-corrected chi connectivity index (χ4v) is 7.82. The number of aryl methyl sites for hydroxylation is 1. The van der Waals surface area contributed by atoms with Crippen molar-refractivity contribution in [1.29, 1.82) is 0 Å². The molecule has 2 saturated heterocycles. The molecule has 3 aliphatic rings. The Morgan fingerprint density at radius 3 is 2.59 bits per heavy atom. The number of ether oxygens (including phenoxy) is 1. The molecular weight excluding hydrogens is 592 g/mol. The topological polar surface area (TPSA) is 128 Å². The van der Waals surface area contributed by atoms with Crippen molar-refractivity contribution in [3.63, 3.8) is 0 Å². The molecule has 0 radical (unpaired) electrons. The number of methoxy groups -OCH3 is 1. The van der Waals surface area contributed by atoms with E-state index in [1.54, 1.807) is 25.3 Å². The van der Waals surface area contributed by atoms with E-state index in [9.17, 15) is 22.0 Å². The van der Waals surface area contributed by atoms with Crippen molar-refractivity contribution in [2.24, 2.45) is 11.7 Å². The number of rotatable bonds is 8. The number of piperidine rings is 1. The predicted octanol–water partition coefficient (Wildman–Crippen LogP) is 4.16. The van der Waals surface area contributed by atoms with Gasteiger partial charge in [0, 0.05) is 41.7 Å². The van der Waals surface area contributed by atoms with E-state index >= 15 is 0 Å². The molecule has 3 atom stereocenters. The Balaban J connectivity index is 1.35. The van der Waals surface area contributed by atoms with Crippen molar-refractivity contribution in [3.05, 3.63) is 41.6 Å². The zero-order valence-corrected chi connectivity index (χ0v) is 25.6. The number of pyridine rings is 2. The van der Waals surface area contributed by atoms with Crippen LogP contribution >= 0.6 is 0 Å². The Hall–Kier alpha value is -3.78. The molecule has 0 aromatic carbocycles. The van der Waals surface area contributed by atoms with Crippen LogP contribution in [-0.4, -0.2) is 76.2 Å². The summed E-state index contributed by atoms with van der Waals surface area (Å²) in [5.41, 5.74) is 9.92. The first kappa shape index (κ1) is 29.0. The van der Waals surface area contributed by atoms with Crippen LogP contribution in [0.25, 0.3) is 28.1 Å². The molecule has 1 aliphatic carbocycles. The Kier molecular flexibility index (Phi) is 6.85. The Morgan fingerprint density at radius 1 is 1.16 bits per heavy atom. The van der Waals surface area contributed by atoms with Crippen molar-refractivity contribution in [3.8, 4) is 17.3 Å². The van der Waals surface area contributed by atoms with E-state index in [2.05, 4.69) is 4.98 Å². The summed E-state index contributed by atoms with van der Waals surface area (Å²) in [5, 5.41) is 0.670. The van der Waals surface area contributed by atoms with Crippen LogP contribution in [0.15, 0.2) is 30.3 Å². The highest BCUT2D eigenvalue weighted by atomic mass is 32.2. The lowest BCUT2D eigenvalue weighted by Gasteiger charge is -2.35. The van der Waals surface area contributed by atoms with Crippen LogP contribution in [0.1, 0.15) is 54.6 Å². The lowest BCUT2D eigenvalue weighted by molar-refractivity contribution is 0.0587. The van der Waals surface area contributed by atoms with Gasteiger partial charge in [-0.25, -0.2) is 18.4 Å². The molecule has 1 amide bonds. The van der Waals surface area contributed by atoms with Crippen LogP contribution in [-0.2, 0) is 16.6 Å². The molecule has 4 aromatic rings. The van der Waals surface area contributed by atoms with Crippen LogP contribution in [0.2, 0.25) is 0 Å². The van der Waals surface area contributed by atoms with E-state index < -0.39 is 16.6 Å². The number of halogens is 2. The van der Waals surface area contributed by atoms with Gasteiger partial charge in [0.15, 0.2) is 5.88 Å². The van der Waals surface area contributed by atoms with E-state index in [-0.39, 0.29) is 34.2 Å². The highest BCUT2D eigenvalue weighted by Gasteiger charge is 2.44. The number of amides is 1. The van der Waals surface area contributed by atoms with Crippen molar-refractivity contribution >= 4 is 38.4 Å². The smallest absolute Gasteiger partial charge is 0.329 e. The highest BCUT2D eigenvalue weighted by Crippen LogP contribution is 2.39. The highest BCUT2D eigenvalue weighted by molar-refractivity contribution is 7.92. The largest absolute Gasteiger partial charge is 0.482 e. The van der Waals surface area contributed by atoms with Gasteiger partial charge in [0.25, 0.3) is 5.91 Å². The van der Waals surface area contributed by atoms with Gasteiger partial charge in [-0.3, -0.25) is 9.20 Å². The minimum absolute atomic E-state index is 0.0231. The summed E-state index contributed by atoms with van der Waals surface area (Å²) in [5.74, 6) is 0.421. The number of nitrogens with two attached hydrogens (primary N) is 1. The summed E-state index contributed by atoms with van der Waals surface area (Å²) in [7, 11) is -2.72. The number of hydrogen-bond acceptors (Lipinski definition) is 7. The number of nitrogens with zero attached hydrogens (tertiary/aromatic N) is 6. The number of hydrogen-bond donors (Lipinski definition) is 1. The molecule has 6 heterocycles. The lowest BCUT2D eigenvalue weighted by Crippen LogP contribution is -2.47. The second-order valence-electron chi connectivity index (χ2n) is 12.3. The molecule has 2 aliphatic heterocycles. The maximum atomic E-state index is 13.9. The fourth-order valence-electron chi connectivity index (χ4n) is 7.09. The molecule has 1 saturated carbocycles. The van der Waals surface area contributed by atoms with Gasteiger partial charge in [0.1, 0.15) is 22.8 Å². The Labute approximate surface area is 253 Å². The number of alkyl halides is 2. The van der Waals surface area contributed by atoms with Gasteiger partial charge in [-0.2, -0.15) is 13.1 Å². The van der Waals surface area contributed by atoms with Gasteiger partial charge in [-0.1, -0.05) is 0 Å². The molecule has 7 rings (SSSR count). The van der Waals surface area contributed by atoms with Crippen LogP contribution in [0, 0.1) is 12.8 Å². The van der Waals surface area contributed by atoms with Gasteiger partial charge in [0.05, 0.1) is 24.8 Å². The molecule has 44 heavy (non-hydrogen) atoms. The van der Waals surface area contributed by atoms with Crippen LogP contribution in [0.3, 0.4) is 0 Å². The summed E-state index contributed by atoms with van der Waals surface area (Å²) in [6.07, 6.45) is 6.50. The van der Waals surface area contributed by atoms with Crippen molar-refractivity contribution < 1.29 is 26.7 Å². The molecule has 11 nitrogen and oxygen atoms in total. The Bertz CT molecular complexity index is 1900. The summed E-state index contributed by atoms with van der Waals surface area (Å²) in [6.45, 7) is -0.791. The standard InChI is InChI=1S/C30H35F2N7O4S/c1-16-27(23-11-18-9-10-24(39(30(31)32)44(3,41)42)35-28(18)36(23)15-17-7-8-17)34-25-12-19(13-26(43-2)37(16)25)29(40)38-20-5-4-6-22(38)21(33)14-20/h9-13,17,20-22,30H,4-8,14-15,33H2,1-3H3/t20?,21-,22?/m0/s1. The van der Waals surface area contributed by atoms with E-state index in [1.807, 2.05) is 26.9 Å². The second kappa shape index (κ2) is 10.4. The molecule has 2 unspecified atom stereocenters. The van der Waals surface area contributed by atoms with Gasteiger partial charge in [-0.05, 0) is 75.6 Å². The number of carbonyl (C=O) groups excluding carboxylic acids is 1. The molecule has 4 aromatic heterocycles.